The molecule has 1 rings (SSSR count). The van der Waals surface area contributed by atoms with Crippen molar-refractivity contribution < 1.29 is 4.74 Å². The summed E-state index contributed by atoms with van der Waals surface area (Å²) in [7, 11) is 0. The van der Waals surface area contributed by atoms with Crippen LogP contribution in [0, 0.1) is 0 Å². The van der Waals surface area contributed by atoms with Gasteiger partial charge in [-0.15, -0.1) is 0 Å². The molecule has 0 bridgehead atoms. The SMILES string of the molecule is CCCOc1ccc(C(C)(C)CCN)cc1Br. The second kappa shape index (κ2) is 6.41. The van der Waals surface area contributed by atoms with E-state index < -0.39 is 0 Å². The maximum absolute atomic E-state index is 5.65. The monoisotopic (exact) mass is 299 g/mol. The number of hydrogen-bond donors (Lipinski definition) is 1. The summed E-state index contributed by atoms with van der Waals surface area (Å²) in [5, 5.41) is 0. The van der Waals surface area contributed by atoms with Gasteiger partial charge in [-0.05, 0) is 58.4 Å². The van der Waals surface area contributed by atoms with Gasteiger partial charge in [-0.2, -0.15) is 0 Å². The number of nitrogens with two attached hydrogens (primary N) is 1. The van der Waals surface area contributed by atoms with Crippen LogP contribution in [-0.2, 0) is 5.41 Å². The Morgan fingerprint density at radius 2 is 2.06 bits per heavy atom. The topological polar surface area (TPSA) is 35.2 Å². The van der Waals surface area contributed by atoms with E-state index in [-0.39, 0.29) is 5.41 Å². The van der Waals surface area contributed by atoms with E-state index in [0.717, 1.165) is 29.7 Å². The first-order valence-corrected chi connectivity index (χ1v) is 6.93. The number of hydrogen-bond acceptors (Lipinski definition) is 2. The van der Waals surface area contributed by atoms with E-state index in [4.69, 9.17) is 10.5 Å². The molecule has 1 aromatic rings. The predicted octanol–water partition coefficient (Wildman–Crippen LogP) is 3.86. The van der Waals surface area contributed by atoms with E-state index in [1.807, 2.05) is 6.07 Å². The molecule has 3 heteroatoms. The van der Waals surface area contributed by atoms with E-state index in [1.165, 1.54) is 5.56 Å². The van der Waals surface area contributed by atoms with Gasteiger partial charge in [0.2, 0.25) is 0 Å². The largest absolute Gasteiger partial charge is 0.492 e. The molecule has 0 fully saturated rings. The lowest BCUT2D eigenvalue weighted by Gasteiger charge is -2.25. The number of halogens is 1. The minimum Gasteiger partial charge on any atom is -0.492 e. The number of benzene rings is 1. The minimum atomic E-state index is 0.112. The Bertz CT molecular complexity index is 363. The van der Waals surface area contributed by atoms with Gasteiger partial charge < -0.3 is 10.5 Å². The van der Waals surface area contributed by atoms with Crippen molar-refractivity contribution >= 4 is 15.9 Å². The third kappa shape index (κ3) is 4.00. The molecule has 0 aliphatic rings. The molecule has 2 N–H and O–H groups in total. The van der Waals surface area contributed by atoms with Gasteiger partial charge in [-0.25, -0.2) is 0 Å². The minimum absolute atomic E-state index is 0.112. The van der Waals surface area contributed by atoms with Gasteiger partial charge in [0.15, 0.2) is 0 Å². The van der Waals surface area contributed by atoms with Crippen molar-refractivity contribution in [3.05, 3.63) is 28.2 Å². The summed E-state index contributed by atoms with van der Waals surface area (Å²) in [6, 6.07) is 6.30. The van der Waals surface area contributed by atoms with Crippen LogP contribution in [0.25, 0.3) is 0 Å². The molecule has 0 atom stereocenters. The van der Waals surface area contributed by atoms with Crippen molar-refractivity contribution in [3.63, 3.8) is 0 Å². The van der Waals surface area contributed by atoms with Crippen molar-refractivity contribution in [2.45, 2.75) is 39.0 Å². The van der Waals surface area contributed by atoms with Gasteiger partial charge in [0.05, 0.1) is 11.1 Å². The van der Waals surface area contributed by atoms with Crippen molar-refractivity contribution in [2.24, 2.45) is 5.73 Å². The lowest BCUT2D eigenvalue weighted by molar-refractivity contribution is 0.315. The summed E-state index contributed by atoms with van der Waals surface area (Å²) in [6.07, 6.45) is 2.00. The highest BCUT2D eigenvalue weighted by Crippen LogP contribution is 2.33. The molecule has 0 aromatic heterocycles. The van der Waals surface area contributed by atoms with Crippen molar-refractivity contribution in [3.8, 4) is 5.75 Å². The second-order valence-corrected chi connectivity index (χ2v) is 5.77. The van der Waals surface area contributed by atoms with Crippen LogP contribution in [0.15, 0.2) is 22.7 Å². The molecule has 0 spiro atoms. The molecule has 0 heterocycles. The van der Waals surface area contributed by atoms with Crippen LogP contribution in [0.5, 0.6) is 5.75 Å². The fraction of sp³-hybridized carbons (Fsp3) is 0.571. The van der Waals surface area contributed by atoms with Crippen LogP contribution in [0.4, 0.5) is 0 Å². The van der Waals surface area contributed by atoms with Gasteiger partial charge in [0.1, 0.15) is 5.75 Å². The molecule has 1 aromatic carbocycles. The molecule has 0 saturated heterocycles. The molecule has 0 unspecified atom stereocenters. The zero-order valence-electron chi connectivity index (χ0n) is 10.9. The van der Waals surface area contributed by atoms with Crippen LogP contribution in [0.3, 0.4) is 0 Å². The summed E-state index contributed by atoms with van der Waals surface area (Å²) < 4.78 is 6.66. The lowest BCUT2D eigenvalue weighted by Crippen LogP contribution is -2.21. The Morgan fingerprint density at radius 3 is 2.59 bits per heavy atom. The molecule has 0 radical (unpaired) electrons. The van der Waals surface area contributed by atoms with E-state index >= 15 is 0 Å². The average molecular weight is 300 g/mol. The molecular formula is C14H22BrNO. The van der Waals surface area contributed by atoms with Gasteiger partial charge in [-0.1, -0.05) is 26.8 Å². The van der Waals surface area contributed by atoms with Crippen molar-refractivity contribution in [1.82, 2.24) is 0 Å². The van der Waals surface area contributed by atoms with Crippen LogP contribution < -0.4 is 10.5 Å². The molecular weight excluding hydrogens is 278 g/mol. The smallest absolute Gasteiger partial charge is 0.133 e. The van der Waals surface area contributed by atoms with Crippen LogP contribution in [0.1, 0.15) is 39.2 Å². The summed E-state index contributed by atoms with van der Waals surface area (Å²) in [4.78, 5) is 0. The maximum atomic E-state index is 5.65. The number of rotatable bonds is 6. The Hall–Kier alpha value is -0.540. The highest BCUT2D eigenvalue weighted by molar-refractivity contribution is 9.10. The fourth-order valence-electron chi connectivity index (χ4n) is 1.76. The van der Waals surface area contributed by atoms with Crippen LogP contribution in [-0.4, -0.2) is 13.2 Å². The third-order valence-electron chi connectivity index (χ3n) is 2.94. The van der Waals surface area contributed by atoms with Gasteiger partial charge in [0.25, 0.3) is 0 Å². The predicted molar refractivity (Wildman–Crippen MR) is 76.6 cm³/mol. The fourth-order valence-corrected chi connectivity index (χ4v) is 2.25. The average Bonchev–Trinajstić information content (AvgIpc) is 2.27. The standard InChI is InChI=1S/C14H22BrNO/c1-4-9-17-13-6-5-11(10-12(13)15)14(2,3)7-8-16/h5-6,10H,4,7-9,16H2,1-3H3. The number of ether oxygens (including phenoxy) is 1. The summed E-state index contributed by atoms with van der Waals surface area (Å²) >= 11 is 3.56. The second-order valence-electron chi connectivity index (χ2n) is 4.92. The van der Waals surface area contributed by atoms with E-state index in [2.05, 4.69) is 48.8 Å². The van der Waals surface area contributed by atoms with Crippen molar-refractivity contribution in [1.29, 1.82) is 0 Å². The Balaban J connectivity index is 2.88. The molecule has 2 nitrogen and oxygen atoms in total. The lowest BCUT2D eigenvalue weighted by atomic mass is 9.82. The van der Waals surface area contributed by atoms with Crippen LogP contribution >= 0.6 is 15.9 Å². The normalized spacial score (nSPS) is 11.6. The van der Waals surface area contributed by atoms with E-state index in [9.17, 15) is 0 Å². The maximum Gasteiger partial charge on any atom is 0.133 e. The molecule has 96 valence electrons. The molecule has 0 aliphatic heterocycles. The molecule has 0 saturated carbocycles. The summed E-state index contributed by atoms with van der Waals surface area (Å²) in [6.45, 7) is 8.00. The quantitative estimate of drug-likeness (QED) is 0.865. The highest BCUT2D eigenvalue weighted by Gasteiger charge is 2.20. The van der Waals surface area contributed by atoms with E-state index in [0.29, 0.717) is 6.54 Å². The molecule has 17 heavy (non-hydrogen) atoms. The molecule has 0 amide bonds. The van der Waals surface area contributed by atoms with Crippen molar-refractivity contribution in [2.75, 3.05) is 13.2 Å². The zero-order chi connectivity index (χ0) is 12.9. The Kier molecular flexibility index (Phi) is 5.47. The summed E-state index contributed by atoms with van der Waals surface area (Å²) in [5.74, 6) is 0.916. The zero-order valence-corrected chi connectivity index (χ0v) is 12.5. The van der Waals surface area contributed by atoms with Gasteiger partial charge in [0, 0.05) is 0 Å². The van der Waals surface area contributed by atoms with Gasteiger partial charge in [-0.3, -0.25) is 0 Å². The first-order valence-electron chi connectivity index (χ1n) is 6.14. The van der Waals surface area contributed by atoms with Crippen LogP contribution in [0.2, 0.25) is 0 Å². The van der Waals surface area contributed by atoms with E-state index in [1.54, 1.807) is 0 Å². The summed E-state index contributed by atoms with van der Waals surface area (Å²) in [5.41, 5.74) is 7.05. The first-order chi connectivity index (χ1) is 8.01. The molecule has 0 aliphatic carbocycles. The highest BCUT2D eigenvalue weighted by atomic mass is 79.9. The Morgan fingerprint density at radius 1 is 1.35 bits per heavy atom. The van der Waals surface area contributed by atoms with Gasteiger partial charge >= 0.3 is 0 Å². The third-order valence-corrected chi connectivity index (χ3v) is 3.56. The Labute approximate surface area is 113 Å². The first kappa shape index (κ1) is 14.5.